The van der Waals surface area contributed by atoms with E-state index < -0.39 is 0 Å². The van der Waals surface area contributed by atoms with Gasteiger partial charge in [0.2, 0.25) is 0 Å². The third-order valence-electron chi connectivity index (χ3n) is 3.02. The molecule has 6 heteroatoms. The van der Waals surface area contributed by atoms with Gasteiger partial charge < -0.3 is 5.32 Å². The molecule has 1 fully saturated rings. The molecule has 84 valence electrons. The lowest BCUT2D eigenvalue weighted by molar-refractivity contribution is 0.541. The molecular weight excluding hydrogens is 209 g/mol. The van der Waals surface area contributed by atoms with E-state index in [2.05, 4.69) is 20.4 Å². The van der Waals surface area contributed by atoms with Crippen molar-refractivity contribution in [2.24, 2.45) is 0 Å². The molecule has 0 bridgehead atoms. The molecule has 0 saturated carbocycles. The average Bonchev–Trinajstić information content (AvgIpc) is 2.89. The molecule has 1 aliphatic heterocycles. The summed E-state index contributed by atoms with van der Waals surface area (Å²) in [6, 6.07) is 0. The number of aromatic nitrogens is 4. The molecule has 0 amide bonds. The van der Waals surface area contributed by atoms with Gasteiger partial charge in [0.1, 0.15) is 6.33 Å². The van der Waals surface area contributed by atoms with Gasteiger partial charge in [-0.05, 0) is 19.9 Å². The first-order chi connectivity index (χ1) is 7.77. The monoisotopic (exact) mass is 221 g/mol. The summed E-state index contributed by atoms with van der Waals surface area (Å²) in [5, 5.41) is 7.27. The molecule has 3 heterocycles. The van der Waals surface area contributed by atoms with Gasteiger partial charge in [-0.1, -0.05) is 0 Å². The number of aryl methyl sites for hydroxylation is 1. The molecule has 0 radical (unpaired) electrons. The molecule has 1 atom stereocenters. The van der Waals surface area contributed by atoms with Crippen LogP contribution in [0.5, 0.6) is 0 Å². The van der Waals surface area contributed by atoms with Crippen LogP contribution in [0.1, 0.15) is 23.7 Å². The van der Waals surface area contributed by atoms with Gasteiger partial charge in [0, 0.05) is 12.5 Å². The van der Waals surface area contributed by atoms with E-state index in [-0.39, 0.29) is 11.7 Å². The molecule has 0 spiro atoms. The van der Waals surface area contributed by atoms with Crippen LogP contribution < -0.4 is 5.32 Å². The van der Waals surface area contributed by atoms with Gasteiger partial charge in [0.05, 0.1) is 11.4 Å². The summed E-state index contributed by atoms with van der Waals surface area (Å²) in [6.07, 6.45) is 2.34. The maximum atomic E-state index is 14.1. The Bertz CT molecular complexity index is 529. The van der Waals surface area contributed by atoms with Gasteiger partial charge in [-0.25, -0.2) is 9.37 Å². The molecule has 2 aromatic heterocycles. The standard InChI is InChI=1S/C10H12FN5/c1-6-8(11)9(7-2-3-12-4-7)16-10(15-6)13-5-14-16/h5,7,12H,2-4H2,1H3. The highest BCUT2D eigenvalue weighted by Gasteiger charge is 2.25. The summed E-state index contributed by atoms with van der Waals surface area (Å²) >= 11 is 0. The van der Waals surface area contributed by atoms with Crippen LogP contribution in [0.4, 0.5) is 4.39 Å². The Labute approximate surface area is 91.7 Å². The molecule has 3 rings (SSSR count). The van der Waals surface area contributed by atoms with E-state index in [0.717, 1.165) is 19.5 Å². The van der Waals surface area contributed by atoms with Crippen LogP contribution in [-0.4, -0.2) is 32.7 Å². The Morgan fingerprint density at radius 3 is 3.19 bits per heavy atom. The first-order valence-electron chi connectivity index (χ1n) is 5.34. The van der Waals surface area contributed by atoms with Crippen molar-refractivity contribution in [1.82, 2.24) is 24.9 Å². The molecule has 1 aliphatic rings. The Hall–Kier alpha value is -1.56. The minimum absolute atomic E-state index is 0.158. The highest BCUT2D eigenvalue weighted by Crippen LogP contribution is 2.25. The molecule has 1 saturated heterocycles. The Morgan fingerprint density at radius 1 is 1.56 bits per heavy atom. The van der Waals surface area contributed by atoms with Crippen molar-refractivity contribution in [2.75, 3.05) is 13.1 Å². The van der Waals surface area contributed by atoms with Crippen LogP contribution in [0.2, 0.25) is 0 Å². The van der Waals surface area contributed by atoms with Gasteiger partial charge in [-0.15, -0.1) is 0 Å². The minimum Gasteiger partial charge on any atom is -0.316 e. The molecule has 16 heavy (non-hydrogen) atoms. The minimum atomic E-state index is -0.258. The fourth-order valence-corrected chi connectivity index (χ4v) is 2.20. The summed E-state index contributed by atoms with van der Waals surface area (Å²) in [5.74, 6) is 0.374. The largest absolute Gasteiger partial charge is 0.316 e. The predicted molar refractivity (Wildman–Crippen MR) is 55.7 cm³/mol. The van der Waals surface area contributed by atoms with Crippen LogP contribution in [0.25, 0.3) is 5.78 Å². The van der Waals surface area contributed by atoms with Gasteiger partial charge in [0.15, 0.2) is 5.82 Å². The average molecular weight is 221 g/mol. The van der Waals surface area contributed by atoms with E-state index in [9.17, 15) is 4.39 Å². The number of hydrogen-bond donors (Lipinski definition) is 1. The number of rotatable bonds is 1. The van der Waals surface area contributed by atoms with Gasteiger partial charge in [0.25, 0.3) is 5.78 Å². The SMILES string of the molecule is Cc1nc2ncnn2c(C2CCNC2)c1F. The zero-order valence-electron chi connectivity index (χ0n) is 8.94. The summed E-state index contributed by atoms with van der Waals surface area (Å²) in [4.78, 5) is 8.07. The van der Waals surface area contributed by atoms with E-state index in [0.29, 0.717) is 17.2 Å². The third kappa shape index (κ3) is 1.30. The Morgan fingerprint density at radius 2 is 2.44 bits per heavy atom. The fraction of sp³-hybridized carbons (Fsp3) is 0.500. The Balaban J connectivity index is 2.26. The quantitative estimate of drug-likeness (QED) is 0.768. The summed E-state index contributed by atoms with van der Waals surface area (Å²) in [7, 11) is 0. The first-order valence-corrected chi connectivity index (χ1v) is 5.34. The molecule has 0 aromatic carbocycles. The lowest BCUT2D eigenvalue weighted by Gasteiger charge is -2.12. The number of fused-ring (bicyclic) bond motifs is 1. The van der Waals surface area contributed by atoms with Gasteiger partial charge in [-0.3, -0.25) is 0 Å². The predicted octanol–water partition coefficient (Wildman–Crippen LogP) is 0.649. The van der Waals surface area contributed by atoms with Crippen molar-refractivity contribution in [2.45, 2.75) is 19.3 Å². The van der Waals surface area contributed by atoms with Crippen molar-refractivity contribution in [3.63, 3.8) is 0 Å². The summed E-state index contributed by atoms with van der Waals surface area (Å²) in [6.45, 7) is 3.37. The van der Waals surface area contributed by atoms with Crippen molar-refractivity contribution >= 4 is 5.78 Å². The van der Waals surface area contributed by atoms with E-state index in [1.54, 1.807) is 6.92 Å². The van der Waals surface area contributed by atoms with Crippen LogP contribution >= 0.6 is 0 Å². The lowest BCUT2D eigenvalue weighted by Crippen LogP contribution is -2.15. The van der Waals surface area contributed by atoms with Gasteiger partial charge >= 0.3 is 0 Å². The van der Waals surface area contributed by atoms with Crippen molar-refractivity contribution < 1.29 is 4.39 Å². The smallest absolute Gasteiger partial charge is 0.252 e. The zero-order chi connectivity index (χ0) is 11.1. The molecule has 1 N–H and O–H groups in total. The number of halogens is 1. The second kappa shape index (κ2) is 3.48. The zero-order valence-corrected chi connectivity index (χ0v) is 8.94. The normalized spacial score (nSPS) is 20.8. The molecule has 5 nitrogen and oxygen atoms in total. The third-order valence-corrected chi connectivity index (χ3v) is 3.02. The van der Waals surface area contributed by atoms with Crippen LogP contribution in [0, 0.1) is 12.7 Å². The summed E-state index contributed by atoms with van der Waals surface area (Å²) < 4.78 is 15.6. The second-order valence-corrected chi connectivity index (χ2v) is 4.06. The van der Waals surface area contributed by atoms with E-state index in [4.69, 9.17) is 0 Å². The maximum absolute atomic E-state index is 14.1. The van der Waals surface area contributed by atoms with E-state index in [1.165, 1.54) is 10.8 Å². The number of nitrogens with one attached hydrogen (secondary N) is 1. The topological polar surface area (TPSA) is 55.1 Å². The van der Waals surface area contributed by atoms with Crippen LogP contribution in [0.15, 0.2) is 6.33 Å². The van der Waals surface area contributed by atoms with Crippen molar-refractivity contribution in [3.05, 3.63) is 23.5 Å². The number of hydrogen-bond acceptors (Lipinski definition) is 4. The number of nitrogens with zero attached hydrogens (tertiary/aromatic N) is 4. The highest BCUT2D eigenvalue weighted by molar-refractivity contribution is 5.33. The Kier molecular flexibility index (Phi) is 2.10. The van der Waals surface area contributed by atoms with Crippen molar-refractivity contribution in [1.29, 1.82) is 0 Å². The lowest BCUT2D eigenvalue weighted by atomic mass is 10.0. The highest BCUT2D eigenvalue weighted by atomic mass is 19.1. The molecular formula is C10H12FN5. The molecule has 1 unspecified atom stereocenters. The molecule has 2 aromatic rings. The first kappa shape index (κ1) is 9.65. The van der Waals surface area contributed by atoms with Gasteiger partial charge in [-0.2, -0.15) is 14.6 Å². The van der Waals surface area contributed by atoms with Crippen LogP contribution in [-0.2, 0) is 0 Å². The molecule has 0 aliphatic carbocycles. The maximum Gasteiger partial charge on any atom is 0.252 e. The van der Waals surface area contributed by atoms with Crippen LogP contribution in [0.3, 0.4) is 0 Å². The second-order valence-electron chi connectivity index (χ2n) is 4.06. The fourth-order valence-electron chi connectivity index (χ4n) is 2.20. The van der Waals surface area contributed by atoms with E-state index in [1.807, 2.05) is 0 Å². The summed E-state index contributed by atoms with van der Waals surface area (Å²) in [5.41, 5.74) is 0.993. The van der Waals surface area contributed by atoms with E-state index >= 15 is 0 Å². The van der Waals surface area contributed by atoms with Crippen molar-refractivity contribution in [3.8, 4) is 0 Å².